The van der Waals surface area contributed by atoms with Gasteiger partial charge in [-0.1, -0.05) is 6.07 Å². The fraction of sp³-hybridized carbons (Fsp3) is 0.364. The van der Waals surface area contributed by atoms with Crippen LogP contribution in [0, 0.1) is 0 Å². The van der Waals surface area contributed by atoms with Gasteiger partial charge in [0.15, 0.2) is 0 Å². The van der Waals surface area contributed by atoms with Gasteiger partial charge in [-0.05, 0) is 12.1 Å². The molecule has 7 heteroatoms. The van der Waals surface area contributed by atoms with Gasteiger partial charge in [0.2, 0.25) is 0 Å². The van der Waals surface area contributed by atoms with E-state index in [0.29, 0.717) is 11.4 Å². The lowest BCUT2D eigenvalue weighted by atomic mass is 10.3. The summed E-state index contributed by atoms with van der Waals surface area (Å²) < 4.78 is 0. The van der Waals surface area contributed by atoms with Crippen LogP contribution in [0.15, 0.2) is 18.2 Å². The lowest BCUT2D eigenvalue weighted by Gasteiger charge is -2.21. The SMILES string of the molecule is CN(Cc1cccc(CN(C)C(=O)[O-])n1)C(=O)[O-]. The molecule has 98 valence electrons. The van der Waals surface area contributed by atoms with E-state index in [1.54, 1.807) is 18.2 Å². The Morgan fingerprint density at radius 1 is 1.06 bits per heavy atom. The maximum Gasteiger partial charge on any atom is 0.137 e. The summed E-state index contributed by atoms with van der Waals surface area (Å²) in [7, 11) is 2.74. The highest BCUT2D eigenvalue weighted by molar-refractivity contribution is 5.62. The van der Waals surface area contributed by atoms with Gasteiger partial charge in [-0.3, -0.25) is 4.98 Å². The zero-order valence-electron chi connectivity index (χ0n) is 10.1. The van der Waals surface area contributed by atoms with E-state index in [2.05, 4.69) is 4.98 Å². The van der Waals surface area contributed by atoms with Gasteiger partial charge in [-0.15, -0.1) is 0 Å². The monoisotopic (exact) mass is 251 g/mol. The first kappa shape index (κ1) is 13.8. The van der Waals surface area contributed by atoms with E-state index < -0.39 is 12.2 Å². The van der Waals surface area contributed by atoms with Gasteiger partial charge >= 0.3 is 0 Å². The van der Waals surface area contributed by atoms with Crippen molar-refractivity contribution in [3.63, 3.8) is 0 Å². The van der Waals surface area contributed by atoms with Crippen molar-refractivity contribution in [1.29, 1.82) is 0 Å². The standard InChI is InChI=1S/C11H15N3O4/c1-13(10(15)16)6-8-4-3-5-9(12-8)7-14(2)11(17)18/h3-5H,6-7H2,1-2H3,(H,15,16)(H,17,18)/p-2. The second-order valence-electron chi connectivity index (χ2n) is 3.86. The summed E-state index contributed by atoms with van der Waals surface area (Å²) >= 11 is 0. The molecule has 2 amide bonds. The Morgan fingerprint density at radius 3 is 1.78 bits per heavy atom. The molecule has 0 fully saturated rings. The summed E-state index contributed by atoms with van der Waals surface area (Å²) in [5.74, 6) is 0. The molecule has 0 saturated heterocycles. The number of aromatic nitrogens is 1. The van der Waals surface area contributed by atoms with Crippen LogP contribution in [0.4, 0.5) is 9.59 Å². The number of hydrogen-bond donors (Lipinski definition) is 0. The molecule has 0 aromatic carbocycles. The number of carbonyl (C=O) groups excluding carboxylic acids is 2. The van der Waals surface area contributed by atoms with E-state index in [1.165, 1.54) is 14.1 Å². The van der Waals surface area contributed by atoms with Crippen molar-refractivity contribution in [1.82, 2.24) is 14.8 Å². The van der Waals surface area contributed by atoms with Crippen molar-refractivity contribution in [3.05, 3.63) is 29.6 Å². The van der Waals surface area contributed by atoms with Gasteiger partial charge in [0.05, 0.1) is 24.5 Å². The molecule has 0 unspecified atom stereocenters. The number of hydrogen-bond acceptors (Lipinski definition) is 5. The van der Waals surface area contributed by atoms with Gasteiger partial charge in [-0.2, -0.15) is 0 Å². The first-order chi connectivity index (χ1) is 8.40. The van der Waals surface area contributed by atoms with Gasteiger partial charge in [0.25, 0.3) is 0 Å². The van der Waals surface area contributed by atoms with Crippen molar-refractivity contribution < 1.29 is 19.8 Å². The van der Waals surface area contributed by atoms with Crippen molar-refractivity contribution in [2.75, 3.05) is 14.1 Å². The minimum Gasteiger partial charge on any atom is -0.530 e. The summed E-state index contributed by atoms with van der Waals surface area (Å²) in [5.41, 5.74) is 1.04. The summed E-state index contributed by atoms with van der Waals surface area (Å²) in [6.07, 6.45) is -2.59. The number of carboxylic acid groups (broad SMARTS) is 2. The average Bonchev–Trinajstić information content (AvgIpc) is 2.29. The third kappa shape index (κ3) is 3.93. The molecule has 1 heterocycles. The number of amides is 2. The number of pyridine rings is 1. The Labute approximate surface area is 104 Å². The number of carbonyl (C=O) groups is 2. The molecule has 7 nitrogen and oxygen atoms in total. The van der Waals surface area contributed by atoms with Crippen molar-refractivity contribution in [2.45, 2.75) is 13.1 Å². The molecule has 1 aromatic heterocycles. The summed E-state index contributed by atoms with van der Waals surface area (Å²) in [6.45, 7) is 0.177. The Kier molecular flexibility index (Phi) is 4.47. The minimum atomic E-state index is -1.30. The first-order valence-corrected chi connectivity index (χ1v) is 5.19. The molecular weight excluding hydrogens is 238 g/mol. The molecular formula is C11H13N3O4-2. The van der Waals surface area contributed by atoms with Crippen LogP contribution in [0.1, 0.15) is 11.4 Å². The van der Waals surface area contributed by atoms with Crippen molar-refractivity contribution in [2.24, 2.45) is 0 Å². The van der Waals surface area contributed by atoms with E-state index in [9.17, 15) is 19.8 Å². The second-order valence-corrected chi connectivity index (χ2v) is 3.86. The third-order valence-corrected chi connectivity index (χ3v) is 2.29. The zero-order chi connectivity index (χ0) is 13.7. The first-order valence-electron chi connectivity index (χ1n) is 5.19. The largest absolute Gasteiger partial charge is 0.530 e. The molecule has 1 rings (SSSR count). The molecule has 0 spiro atoms. The van der Waals surface area contributed by atoms with Gasteiger partial charge in [0, 0.05) is 14.1 Å². The number of nitrogens with zero attached hydrogens (tertiary/aromatic N) is 3. The third-order valence-electron chi connectivity index (χ3n) is 2.29. The highest BCUT2D eigenvalue weighted by Crippen LogP contribution is 2.04. The summed E-state index contributed by atoms with van der Waals surface area (Å²) in [4.78, 5) is 27.2. The maximum atomic E-state index is 10.5. The van der Waals surface area contributed by atoms with Crippen LogP contribution in [-0.2, 0) is 13.1 Å². The van der Waals surface area contributed by atoms with Gasteiger partial charge in [-0.25, -0.2) is 0 Å². The van der Waals surface area contributed by atoms with E-state index in [0.717, 1.165) is 9.80 Å². The van der Waals surface area contributed by atoms with Crippen molar-refractivity contribution in [3.8, 4) is 0 Å². The van der Waals surface area contributed by atoms with Crippen LogP contribution in [0.2, 0.25) is 0 Å². The van der Waals surface area contributed by atoms with Crippen LogP contribution in [-0.4, -0.2) is 41.1 Å². The molecule has 0 atom stereocenters. The Bertz CT molecular complexity index is 412. The predicted molar refractivity (Wildman–Crippen MR) is 58.0 cm³/mol. The fourth-order valence-electron chi connectivity index (χ4n) is 1.32. The second kappa shape index (κ2) is 5.85. The minimum absolute atomic E-state index is 0.0885. The van der Waals surface area contributed by atoms with E-state index >= 15 is 0 Å². The fourth-order valence-corrected chi connectivity index (χ4v) is 1.32. The van der Waals surface area contributed by atoms with E-state index in [4.69, 9.17) is 0 Å². The van der Waals surface area contributed by atoms with Crippen LogP contribution in [0.3, 0.4) is 0 Å². The normalized spacial score (nSPS) is 9.89. The molecule has 1 aromatic rings. The van der Waals surface area contributed by atoms with Crippen molar-refractivity contribution >= 4 is 12.2 Å². The van der Waals surface area contributed by atoms with Crippen LogP contribution >= 0.6 is 0 Å². The Hall–Kier alpha value is -2.31. The highest BCUT2D eigenvalue weighted by atomic mass is 16.4. The zero-order valence-corrected chi connectivity index (χ0v) is 10.1. The average molecular weight is 251 g/mol. The molecule has 0 aliphatic heterocycles. The van der Waals surface area contributed by atoms with Crippen LogP contribution in [0.5, 0.6) is 0 Å². The maximum absolute atomic E-state index is 10.5. The predicted octanol–water partition coefficient (Wildman–Crippen LogP) is -1.37. The lowest BCUT2D eigenvalue weighted by Crippen LogP contribution is -2.38. The molecule has 0 radical (unpaired) electrons. The number of rotatable bonds is 4. The Morgan fingerprint density at radius 2 is 1.44 bits per heavy atom. The van der Waals surface area contributed by atoms with E-state index in [-0.39, 0.29) is 13.1 Å². The van der Waals surface area contributed by atoms with Gasteiger partial charge in [0.1, 0.15) is 12.2 Å². The molecule has 18 heavy (non-hydrogen) atoms. The lowest BCUT2D eigenvalue weighted by molar-refractivity contribution is -0.265. The Balaban J connectivity index is 2.73. The molecule has 0 bridgehead atoms. The summed E-state index contributed by atoms with van der Waals surface area (Å²) in [6, 6.07) is 4.99. The topological polar surface area (TPSA) is 99.6 Å². The molecule has 0 N–H and O–H groups in total. The van der Waals surface area contributed by atoms with Crippen LogP contribution < -0.4 is 10.2 Å². The van der Waals surface area contributed by atoms with Gasteiger partial charge < -0.3 is 29.6 Å². The van der Waals surface area contributed by atoms with E-state index in [1.807, 2.05) is 0 Å². The van der Waals surface area contributed by atoms with Crippen LogP contribution in [0.25, 0.3) is 0 Å². The molecule has 0 aliphatic carbocycles. The summed E-state index contributed by atoms with van der Waals surface area (Å²) in [5, 5.41) is 21.1. The highest BCUT2D eigenvalue weighted by Gasteiger charge is 2.04. The molecule has 0 saturated carbocycles. The molecule has 0 aliphatic rings. The quantitative estimate of drug-likeness (QED) is 0.657. The smallest absolute Gasteiger partial charge is 0.137 e.